The van der Waals surface area contributed by atoms with Crippen molar-refractivity contribution >= 4 is 5.91 Å². The summed E-state index contributed by atoms with van der Waals surface area (Å²) in [6.45, 7) is 0.368. The highest BCUT2D eigenvalue weighted by atomic mass is 16.5. The molecule has 1 N–H and O–H groups in total. The number of ether oxygens (including phenoxy) is 1. The van der Waals surface area contributed by atoms with Gasteiger partial charge in [0.05, 0.1) is 5.69 Å². The van der Waals surface area contributed by atoms with Gasteiger partial charge < -0.3 is 10.1 Å². The smallest absolute Gasteiger partial charge is 0.251 e. The van der Waals surface area contributed by atoms with Gasteiger partial charge in [0.15, 0.2) is 0 Å². The molecule has 2 aromatic carbocycles. The highest BCUT2D eigenvalue weighted by molar-refractivity contribution is 5.94. The van der Waals surface area contributed by atoms with E-state index in [0.29, 0.717) is 29.4 Å². The normalized spacial score (nSPS) is 10.4. The Hall–Kier alpha value is -4.07. The van der Waals surface area contributed by atoms with E-state index in [1.54, 1.807) is 30.5 Å². The fraction of sp³-hybridized carbons (Fsp3) is 0.0500. The molecule has 8 nitrogen and oxygen atoms in total. The quantitative estimate of drug-likeness (QED) is 0.559. The first-order chi connectivity index (χ1) is 13.8. The molecule has 28 heavy (non-hydrogen) atoms. The Bertz CT molecular complexity index is 1070. The number of rotatable bonds is 6. The number of carbonyl (C=O) groups is 1. The third-order valence-electron chi connectivity index (χ3n) is 3.93. The number of carbonyl (C=O) groups excluding carboxylic acids is 1. The topological polar surface area (TPSA) is 94.8 Å². The Balaban J connectivity index is 1.41. The predicted molar refractivity (Wildman–Crippen MR) is 101 cm³/mol. The van der Waals surface area contributed by atoms with E-state index in [4.69, 9.17) is 4.74 Å². The van der Waals surface area contributed by atoms with Gasteiger partial charge in [0.25, 0.3) is 5.91 Å². The van der Waals surface area contributed by atoms with Crippen LogP contribution in [0.5, 0.6) is 11.6 Å². The highest BCUT2D eigenvalue weighted by Gasteiger charge is 2.08. The van der Waals surface area contributed by atoms with Crippen LogP contribution >= 0.6 is 0 Å². The van der Waals surface area contributed by atoms with Crippen molar-refractivity contribution in [2.24, 2.45) is 0 Å². The van der Waals surface area contributed by atoms with E-state index in [2.05, 4.69) is 25.8 Å². The Kier molecular flexibility index (Phi) is 5.01. The number of benzene rings is 2. The maximum absolute atomic E-state index is 12.5. The Morgan fingerprint density at radius 1 is 1.04 bits per heavy atom. The summed E-state index contributed by atoms with van der Waals surface area (Å²) in [4.78, 5) is 16.6. The monoisotopic (exact) mass is 372 g/mol. The second kappa shape index (κ2) is 8.09. The van der Waals surface area contributed by atoms with Crippen molar-refractivity contribution in [3.63, 3.8) is 0 Å². The van der Waals surface area contributed by atoms with Crippen molar-refractivity contribution in [2.75, 3.05) is 0 Å². The molecule has 0 saturated heterocycles. The SMILES string of the molecule is O=C(NCc1cccc(Oc2ccccn2)c1)c1cccc(-n2cnnn2)c1. The van der Waals surface area contributed by atoms with Crippen LogP contribution in [-0.4, -0.2) is 31.1 Å². The van der Waals surface area contributed by atoms with Crippen LogP contribution in [0.4, 0.5) is 0 Å². The zero-order valence-corrected chi connectivity index (χ0v) is 14.8. The number of aromatic nitrogens is 5. The van der Waals surface area contributed by atoms with E-state index < -0.39 is 0 Å². The summed E-state index contributed by atoms with van der Waals surface area (Å²) in [5.41, 5.74) is 2.15. The van der Waals surface area contributed by atoms with E-state index >= 15 is 0 Å². The molecule has 0 spiro atoms. The predicted octanol–water partition coefficient (Wildman–Crippen LogP) is 2.78. The molecule has 2 aromatic heterocycles. The molecule has 0 saturated carbocycles. The lowest BCUT2D eigenvalue weighted by Gasteiger charge is -2.09. The van der Waals surface area contributed by atoms with E-state index in [-0.39, 0.29) is 5.91 Å². The third-order valence-corrected chi connectivity index (χ3v) is 3.93. The summed E-state index contributed by atoms with van der Waals surface area (Å²) < 4.78 is 7.22. The molecular weight excluding hydrogens is 356 g/mol. The zero-order valence-electron chi connectivity index (χ0n) is 14.8. The van der Waals surface area contributed by atoms with E-state index in [1.165, 1.54) is 11.0 Å². The average molecular weight is 372 g/mol. The lowest BCUT2D eigenvalue weighted by Crippen LogP contribution is -2.22. The number of nitrogens with one attached hydrogen (secondary N) is 1. The van der Waals surface area contributed by atoms with Crippen LogP contribution in [0.25, 0.3) is 5.69 Å². The highest BCUT2D eigenvalue weighted by Crippen LogP contribution is 2.20. The number of tetrazole rings is 1. The number of pyridine rings is 1. The molecule has 2 heterocycles. The number of amides is 1. The fourth-order valence-corrected chi connectivity index (χ4v) is 2.60. The van der Waals surface area contributed by atoms with Crippen LogP contribution in [-0.2, 0) is 6.54 Å². The van der Waals surface area contributed by atoms with E-state index in [9.17, 15) is 4.79 Å². The van der Waals surface area contributed by atoms with Crippen molar-refractivity contribution in [1.82, 2.24) is 30.5 Å². The minimum absolute atomic E-state index is 0.189. The molecule has 0 atom stereocenters. The summed E-state index contributed by atoms with van der Waals surface area (Å²) >= 11 is 0. The Morgan fingerprint density at radius 3 is 2.79 bits per heavy atom. The molecule has 138 valence electrons. The van der Waals surface area contributed by atoms with Crippen molar-refractivity contribution in [3.05, 3.63) is 90.4 Å². The Labute approximate surface area is 160 Å². The summed E-state index contributed by atoms with van der Waals surface area (Å²) in [5.74, 6) is 0.986. The summed E-state index contributed by atoms with van der Waals surface area (Å²) in [7, 11) is 0. The van der Waals surface area contributed by atoms with Gasteiger partial charge in [-0.3, -0.25) is 4.79 Å². The minimum Gasteiger partial charge on any atom is -0.439 e. The van der Waals surface area contributed by atoms with Gasteiger partial charge in [0.1, 0.15) is 12.1 Å². The second-order valence-electron chi connectivity index (χ2n) is 5.90. The lowest BCUT2D eigenvalue weighted by atomic mass is 10.1. The molecule has 0 bridgehead atoms. The van der Waals surface area contributed by atoms with Gasteiger partial charge in [-0.15, -0.1) is 5.10 Å². The average Bonchev–Trinajstić information content (AvgIpc) is 3.28. The van der Waals surface area contributed by atoms with Crippen molar-refractivity contribution in [2.45, 2.75) is 6.54 Å². The first kappa shape index (κ1) is 17.3. The molecular formula is C20H16N6O2. The first-order valence-corrected chi connectivity index (χ1v) is 8.57. The summed E-state index contributed by atoms with van der Waals surface area (Å²) in [5, 5.41) is 13.9. The molecule has 0 aliphatic carbocycles. The third kappa shape index (κ3) is 4.18. The lowest BCUT2D eigenvalue weighted by molar-refractivity contribution is 0.0951. The van der Waals surface area contributed by atoms with Gasteiger partial charge in [-0.2, -0.15) is 0 Å². The Morgan fingerprint density at radius 2 is 1.96 bits per heavy atom. The second-order valence-corrected chi connectivity index (χ2v) is 5.90. The van der Waals surface area contributed by atoms with E-state index in [1.807, 2.05) is 42.5 Å². The maximum atomic E-state index is 12.5. The van der Waals surface area contributed by atoms with Gasteiger partial charge >= 0.3 is 0 Å². The summed E-state index contributed by atoms with van der Waals surface area (Å²) in [6, 6.07) is 20.0. The van der Waals surface area contributed by atoms with Gasteiger partial charge in [0, 0.05) is 24.4 Å². The van der Waals surface area contributed by atoms with Gasteiger partial charge in [0.2, 0.25) is 5.88 Å². The number of nitrogens with zero attached hydrogens (tertiary/aromatic N) is 5. The molecule has 4 aromatic rings. The maximum Gasteiger partial charge on any atom is 0.251 e. The van der Waals surface area contributed by atoms with Gasteiger partial charge in [-0.1, -0.05) is 24.3 Å². The van der Waals surface area contributed by atoms with Crippen LogP contribution in [0.2, 0.25) is 0 Å². The van der Waals surface area contributed by atoms with Gasteiger partial charge in [-0.25, -0.2) is 9.67 Å². The molecule has 0 unspecified atom stereocenters. The molecule has 0 aliphatic heterocycles. The fourth-order valence-electron chi connectivity index (χ4n) is 2.60. The van der Waals surface area contributed by atoms with Crippen LogP contribution in [0.1, 0.15) is 15.9 Å². The number of hydrogen-bond acceptors (Lipinski definition) is 6. The standard InChI is InChI=1S/C20H16N6O2/c27-20(16-6-4-7-17(12-16)26-14-23-24-25-26)22-13-15-5-3-8-18(11-15)28-19-9-1-2-10-21-19/h1-12,14H,13H2,(H,22,27). The molecule has 0 fully saturated rings. The molecule has 1 amide bonds. The molecule has 0 radical (unpaired) electrons. The van der Waals surface area contributed by atoms with Crippen molar-refractivity contribution < 1.29 is 9.53 Å². The summed E-state index contributed by atoms with van der Waals surface area (Å²) in [6.07, 6.45) is 3.15. The molecule has 0 aliphatic rings. The van der Waals surface area contributed by atoms with Crippen molar-refractivity contribution in [3.8, 4) is 17.3 Å². The first-order valence-electron chi connectivity index (χ1n) is 8.57. The minimum atomic E-state index is -0.189. The molecule has 8 heteroatoms. The molecule has 4 rings (SSSR count). The zero-order chi connectivity index (χ0) is 19.2. The van der Waals surface area contributed by atoms with Gasteiger partial charge in [-0.05, 0) is 52.4 Å². The van der Waals surface area contributed by atoms with Crippen LogP contribution < -0.4 is 10.1 Å². The largest absolute Gasteiger partial charge is 0.439 e. The van der Waals surface area contributed by atoms with Crippen molar-refractivity contribution in [1.29, 1.82) is 0 Å². The van der Waals surface area contributed by atoms with Crippen LogP contribution in [0.15, 0.2) is 79.3 Å². The van der Waals surface area contributed by atoms with E-state index in [0.717, 1.165) is 5.56 Å². The number of hydrogen-bond donors (Lipinski definition) is 1. The van der Waals surface area contributed by atoms with Crippen LogP contribution in [0, 0.1) is 0 Å². The van der Waals surface area contributed by atoms with Crippen LogP contribution in [0.3, 0.4) is 0 Å².